The standard InChI is InChI=1S/C12H11ClN2OS2/c1-8(11(16)15-12-14-6-7-17-12)18-10-4-2-9(13)3-5-10/h2-8H,1H3,(H,14,15,16). The van der Waals surface area contributed by atoms with E-state index in [-0.39, 0.29) is 11.2 Å². The van der Waals surface area contributed by atoms with Crippen LogP contribution in [0, 0.1) is 0 Å². The topological polar surface area (TPSA) is 42.0 Å². The molecule has 1 aromatic heterocycles. The number of nitrogens with one attached hydrogen (secondary N) is 1. The zero-order valence-electron chi connectivity index (χ0n) is 9.59. The van der Waals surface area contributed by atoms with Crippen molar-refractivity contribution in [2.75, 3.05) is 5.32 Å². The molecule has 1 aromatic carbocycles. The van der Waals surface area contributed by atoms with Crippen molar-refractivity contribution in [3.05, 3.63) is 40.9 Å². The van der Waals surface area contributed by atoms with Gasteiger partial charge in [0.25, 0.3) is 0 Å². The SMILES string of the molecule is CC(Sc1ccc(Cl)cc1)C(=O)Nc1nccs1. The highest BCUT2D eigenvalue weighted by atomic mass is 35.5. The number of benzene rings is 1. The number of thiazole rings is 1. The first-order valence-electron chi connectivity index (χ1n) is 5.28. The molecule has 1 amide bonds. The van der Waals surface area contributed by atoms with E-state index in [1.54, 1.807) is 6.20 Å². The molecule has 0 aliphatic heterocycles. The van der Waals surface area contributed by atoms with Crippen molar-refractivity contribution >= 4 is 45.7 Å². The third-order valence-corrected chi connectivity index (χ3v) is 4.21. The minimum absolute atomic E-state index is 0.0510. The first-order chi connectivity index (χ1) is 8.65. The minimum atomic E-state index is -0.185. The molecule has 0 fully saturated rings. The summed E-state index contributed by atoms with van der Waals surface area (Å²) < 4.78 is 0. The summed E-state index contributed by atoms with van der Waals surface area (Å²) in [6.07, 6.45) is 1.66. The van der Waals surface area contributed by atoms with Gasteiger partial charge in [0.2, 0.25) is 5.91 Å². The van der Waals surface area contributed by atoms with Crippen molar-refractivity contribution < 1.29 is 4.79 Å². The number of carbonyl (C=O) groups is 1. The van der Waals surface area contributed by atoms with Crippen molar-refractivity contribution in [3.63, 3.8) is 0 Å². The summed E-state index contributed by atoms with van der Waals surface area (Å²) in [6.45, 7) is 1.86. The monoisotopic (exact) mass is 298 g/mol. The van der Waals surface area contributed by atoms with Crippen LogP contribution in [0.5, 0.6) is 0 Å². The van der Waals surface area contributed by atoms with Gasteiger partial charge in [0.15, 0.2) is 5.13 Å². The highest BCUT2D eigenvalue weighted by Crippen LogP contribution is 2.25. The molecule has 1 N–H and O–H groups in total. The molecule has 6 heteroatoms. The second-order valence-electron chi connectivity index (χ2n) is 3.54. The van der Waals surface area contributed by atoms with E-state index in [1.807, 2.05) is 36.6 Å². The molecule has 0 saturated heterocycles. The van der Waals surface area contributed by atoms with Crippen LogP contribution in [0.4, 0.5) is 5.13 Å². The Morgan fingerprint density at radius 2 is 2.17 bits per heavy atom. The van der Waals surface area contributed by atoms with E-state index in [0.29, 0.717) is 10.2 Å². The second kappa shape index (κ2) is 6.22. The van der Waals surface area contributed by atoms with Crippen LogP contribution in [-0.2, 0) is 4.79 Å². The van der Waals surface area contributed by atoms with Gasteiger partial charge in [-0.2, -0.15) is 0 Å². The van der Waals surface area contributed by atoms with Gasteiger partial charge in [0.05, 0.1) is 5.25 Å². The summed E-state index contributed by atoms with van der Waals surface area (Å²) in [7, 11) is 0. The first-order valence-corrected chi connectivity index (χ1v) is 7.41. The summed E-state index contributed by atoms with van der Waals surface area (Å²) in [6, 6.07) is 7.44. The van der Waals surface area contributed by atoms with Crippen molar-refractivity contribution in [1.82, 2.24) is 4.98 Å². The average molecular weight is 299 g/mol. The number of hydrogen-bond donors (Lipinski definition) is 1. The molecular weight excluding hydrogens is 288 g/mol. The van der Waals surface area contributed by atoms with E-state index in [0.717, 1.165) is 4.90 Å². The number of thioether (sulfide) groups is 1. The van der Waals surface area contributed by atoms with E-state index in [4.69, 9.17) is 11.6 Å². The Morgan fingerprint density at radius 3 is 2.78 bits per heavy atom. The quantitative estimate of drug-likeness (QED) is 0.870. The molecule has 0 bridgehead atoms. The Labute approximate surface area is 119 Å². The van der Waals surface area contributed by atoms with E-state index in [1.165, 1.54) is 23.1 Å². The number of nitrogens with zero attached hydrogens (tertiary/aromatic N) is 1. The van der Waals surface area contributed by atoms with Crippen LogP contribution in [0.1, 0.15) is 6.92 Å². The number of rotatable bonds is 4. The average Bonchev–Trinajstić information content (AvgIpc) is 2.85. The predicted molar refractivity (Wildman–Crippen MR) is 77.5 cm³/mol. The summed E-state index contributed by atoms with van der Waals surface area (Å²) in [4.78, 5) is 16.9. The third kappa shape index (κ3) is 3.73. The Balaban J connectivity index is 1.93. The van der Waals surface area contributed by atoms with Crippen LogP contribution in [-0.4, -0.2) is 16.1 Å². The maximum Gasteiger partial charge on any atom is 0.239 e. The van der Waals surface area contributed by atoms with Gasteiger partial charge in [-0.25, -0.2) is 4.98 Å². The van der Waals surface area contributed by atoms with Gasteiger partial charge >= 0.3 is 0 Å². The molecule has 0 saturated carbocycles. The molecule has 94 valence electrons. The Kier molecular flexibility index (Phi) is 4.63. The highest BCUT2D eigenvalue weighted by molar-refractivity contribution is 8.00. The lowest BCUT2D eigenvalue weighted by Gasteiger charge is -2.10. The maximum atomic E-state index is 11.9. The molecule has 1 unspecified atom stereocenters. The fourth-order valence-electron chi connectivity index (χ4n) is 1.26. The molecule has 2 aromatic rings. The molecule has 2 rings (SSSR count). The van der Waals surface area contributed by atoms with Crippen LogP contribution < -0.4 is 5.32 Å². The van der Waals surface area contributed by atoms with Gasteiger partial charge in [-0.3, -0.25) is 4.79 Å². The van der Waals surface area contributed by atoms with E-state index >= 15 is 0 Å². The summed E-state index contributed by atoms with van der Waals surface area (Å²) in [5, 5.41) is 5.74. The zero-order valence-corrected chi connectivity index (χ0v) is 12.0. The number of aromatic nitrogens is 1. The fourth-order valence-corrected chi connectivity index (χ4v) is 2.79. The Hall–Kier alpha value is -1.04. The zero-order chi connectivity index (χ0) is 13.0. The van der Waals surface area contributed by atoms with Crippen LogP contribution in [0.25, 0.3) is 0 Å². The molecule has 18 heavy (non-hydrogen) atoms. The van der Waals surface area contributed by atoms with Gasteiger partial charge in [0.1, 0.15) is 0 Å². The second-order valence-corrected chi connectivity index (χ2v) is 6.29. The lowest BCUT2D eigenvalue weighted by atomic mass is 10.4. The fraction of sp³-hybridized carbons (Fsp3) is 0.167. The van der Waals surface area contributed by atoms with Gasteiger partial charge in [-0.1, -0.05) is 11.6 Å². The molecule has 1 atom stereocenters. The minimum Gasteiger partial charge on any atom is -0.301 e. The number of halogens is 1. The molecule has 0 spiro atoms. The number of hydrogen-bond acceptors (Lipinski definition) is 4. The van der Waals surface area contributed by atoms with E-state index in [9.17, 15) is 4.79 Å². The summed E-state index contributed by atoms with van der Waals surface area (Å²) >= 11 is 8.71. The first kappa shape index (κ1) is 13.4. The summed E-state index contributed by atoms with van der Waals surface area (Å²) in [5.41, 5.74) is 0. The maximum absolute atomic E-state index is 11.9. The van der Waals surface area contributed by atoms with Crippen LogP contribution in [0.2, 0.25) is 5.02 Å². The van der Waals surface area contributed by atoms with Gasteiger partial charge in [0, 0.05) is 21.5 Å². The van der Waals surface area contributed by atoms with Gasteiger partial charge in [-0.15, -0.1) is 23.1 Å². The van der Waals surface area contributed by atoms with E-state index in [2.05, 4.69) is 10.3 Å². The smallest absolute Gasteiger partial charge is 0.239 e. The third-order valence-electron chi connectivity index (χ3n) is 2.16. The predicted octanol–water partition coefficient (Wildman–Crippen LogP) is 3.92. The lowest BCUT2D eigenvalue weighted by molar-refractivity contribution is -0.115. The summed E-state index contributed by atoms with van der Waals surface area (Å²) in [5.74, 6) is -0.0510. The number of anilines is 1. The largest absolute Gasteiger partial charge is 0.301 e. The molecule has 0 radical (unpaired) electrons. The van der Waals surface area contributed by atoms with Crippen molar-refractivity contribution in [2.24, 2.45) is 0 Å². The normalized spacial score (nSPS) is 12.1. The highest BCUT2D eigenvalue weighted by Gasteiger charge is 2.15. The van der Waals surface area contributed by atoms with Crippen LogP contribution in [0.15, 0.2) is 40.7 Å². The Morgan fingerprint density at radius 1 is 1.44 bits per heavy atom. The van der Waals surface area contributed by atoms with Crippen molar-refractivity contribution in [3.8, 4) is 0 Å². The van der Waals surface area contributed by atoms with Gasteiger partial charge in [-0.05, 0) is 31.2 Å². The van der Waals surface area contributed by atoms with Crippen LogP contribution in [0.3, 0.4) is 0 Å². The Bertz CT molecular complexity index is 513. The molecule has 0 aliphatic rings. The number of carbonyl (C=O) groups excluding carboxylic acids is 1. The van der Waals surface area contributed by atoms with Crippen molar-refractivity contribution in [1.29, 1.82) is 0 Å². The molecule has 3 nitrogen and oxygen atoms in total. The lowest BCUT2D eigenvalue weighted by Crippen LogP contribution is -2.22. The van der Waals surface area contributed by atoms with Gasteiger partial charge < -0.3 is 5.32 Å². The number of amides is 1. The molecule has 1 heterocycles. The van der Waals surface area contributed by atoms with Crippen LogP contribution >= 0.6 is 34.7 Å². The van der Waals surface area contributed by atoms with Crippen molar-refractivity contribution in [2.45, 2.75) is 17.1 Å². The molecular formula is C12H11ClN2OS2. The van der Waals surface area contributed by atoms with E-state index < -0.39 is 0 Å². The molecule has 0 aliphatic carbocycles.